The van der Waals surface area contributed by atoms with Crippen molar-refractivity contribution in [3.8, 4) is 5.75 Å². The monoisotopic (exact) mass is 468 g/mol. The number of nitrogens with zero attached hydrogens (tertiary/aromatic N) is 1. The van der Waals surface area contributed by atoms with Crippen LogP contribution in [0.5, 0.6) is 5.75 Å². The Morgan fingerprint density at radius 3 is 2.03 bits per heavy atom. The first kappa shape index (κ1) is 27.9. The molecule has 2 aromatic rings. The van der Waals surface area contributed by atoms with E-state index in [9.17, 15) is 4.79 Å². The Bertz CT molecular complexity index is 802. The molecule has 0 amide bonds. The molecule has 0 aliphatic carbocycles. The first-order valence-corrected chi connectivity index (χ1v) is 13.2. The number of aryl methyl sites for hydroxylation is 1. The zero-order chi connectivity index (χ0) is 24.7. The topological polar surface area (TPSA) is 35.5 Å². The molecule has 0 aromatic heterocycles. The highest BCUT2D eigenvalue weighted by Crippen LogP contribution is 2.18. The van der Waals surface area contributed by atoms with Crippen molar-refractivity contribution in [2.75, 3.05) is 20.6 Å². The zero-order valence-corrected chi connectivity index (χ0v) is 21.9. The minimum Gasteiger partial charge on any atom is -0.455 e. The number of carbonyl (C=O) groups is 1. The van der Waals surface area contributed by atoms with Crippen molar-refractivity contribution in [3.05, 3.63) is 65.7 Å². The number of benzene rings is 2. The lowest BCUT2D eigenvalue weighted by Crippen LogP contribution is -2.44. The highest BCUT2D eigenvalue weighted by molar-refractivity contribution is 5.70. The van der Waals surface area contributed by atoms with Crippen molar-refractivity contribution in [2.24, 2.45) is 0 Å². The molecule has 0 saturated carbocycles. The molecule has 0 N–H and O–H groups in total. The van der Waals surface area contributed by atoms with E-state index in [4.69, 9.17) is 9.47 Å². The van der Waals surface area contributed by atoms with Gasteiger partial charge < -0.3 is 14.0 Å². The van der Waals surface area contributed by atoms with Gasteiger partial charge in [-0.3, -0.25) is 0 Å². The summed E-state index contributed by atoms with van der Waals surface area (Å²) in [6.45, 7) is 5.30. The number of quaternary nitrogens is 1. The van der Waals surface area contributed by atoms with Crippen LogP contribution in [0.1, 0.15) is 82.8 Å². The molecule has 0 radical (unpaired) electrons. The third kappa shape index (κ3) is 11.7. The Labute approximate surface area is 207 Å². The van der Waals surface area contributed by atoms with Crippen LogP contribution in [0.15, 0.2) is 54.6 Å². The lowest BCUT2D eigenvalue weighted by atomic mass is 10.0. The molecule has 0 spiro atoms. The van der Waals surface area contributed by atoms with Gasteiger partial charge in [0.15, 0.2) is 6.54 Å². The van der Waals surface area contributed by atoms with Gasteiger partial charge in [0.1, 0.15) is 12.3 Å². The fourth-order valence-corrected chi connectivity index (χ4v) is 4.21. The third-order valence-corrected chi connectivity index (χ3v) is 6.12. The van der Waals surface area contributed by atoms with E-state index >= 15 is 0 Å². The summed E-state index contributed by atoms with van der Waals surface area (Å²) in [4.78, 5) is 12.6. The Morgan fingerprint density at radius 2 is 1.41 bits per heavy atom. The normalized spacial score (nSPS) is 12.4. The second-order valence-corrected chi connectivity index (χ2v) is 10.1. The van der Waals surface area contributed by atoms with Gasteiger partial charge in [0.2, 0.25) is 6.29 Å². The molecule has 0 bridgehead atoms. The number of hydrogen-bond acceptors (Lipinski definition) is 3. The molecule has 188 valence electrons. The lowest BCUT2D eigenvalue weighted by Gasteiger charge is -2.29. The second-order valence-electron chi connectivity index (χ2n) is 10.1. The Morgan fingerprint density at radius 1 is 0.794 bits per heavy atom. The van der Waals surface area contributed by atoms with Crippen molar-refractivity contribution in [1.29, 1.82) is 0 Å². The fourth-order valence-electron chi connectivity index (χ4n) is 4.21. The van der Waals surface area contributed by atoms with E-state index in [0.29, 0.717) is 17.4 Å². The molecule has 2 aromatic carbocycles. The van der Waals surface area contributed by atoms with E-state index in [1.54, 1.807) is 0 Å². The van der Waals surface area contributed by atoms with Gasteiger partial charge >= 0.3 is 5.97 Å². The van der Waals surface area contributed by atoms with Crippen LogP contribution in [-0.4, -0.2) is 37.4 Å². The quantitative estimate of drug-likeness (QED) is 0.106. The van der Waals surface area contributed by atoms with E-state index in [0.717, 1.165) is 18.7 Å². The summed E-state index contributed by atoms with van der Waals surface area (Å²) in [7, 11) is 4.09. The molecule has 4 heteroatoms. The van der Waals surface area contributed by atoms with Crippen LogP contribution >= 0.6 is 0 Å². The summed E-state index contributed by atoms with van der Waals surface area (Å²) in [5.74, 6) is 0.511. The van der Waals surface area contributed by atoms with Gasteiger partial charge in [-0.1, -0.05) is 101 Å². The average molecular weight is 469 g/mol. The van der Waals surface area contributed by atoms with Crippen LogP contribution in [0.3, 0.4) is 0 Å². The van der Waals surface area contributed by atoms with Gasteiger partial charge in [-0.2, -0.15) is 0 Å². The molecule has 2 rings (SSSR count). The molecule has 4 nitrogen and oxygen atoms in total. The van der Waals surface area contributed by atoms with Crippen LogP contribution in [0, 0.1) is 0 Å². The Kier molecular flexibility index (Phi) is 12.8. The number of esters is 1. The summed E-state index contributed by atoms with van der Waals surface area (Å²) in [6, 6.07) is 18.5. The molecule has 0 aliphatic heterocycles. The number of hydrogen-bond donors (Lipinski definition) is 0. The average Bonchev–Trinajstić information content (AvgIpc) is 2.81. The minimum atomic E-state index is -0.567. The van der Waals surface area contributed by atoms with Crippen LogP contribution < -0.4 is 4.74 Å². The standard InChI is InChI=1S/C30H46NO3/c1-5-7-8-9-10-11-12-14-17-26-20-22-28(23-21-26)33-30(6-2)34-29(32)25-31(3,4)24-27-18-15-13-16-19-27/h13,15-16,18-23,30H,5-12,14,17,24-25H2,1-4H3/q+1. The maximum Gasteiger partial charge on any atom is 0.364 e. The first-order valence-electron chi connectivity index (χ1n) is 13.2. The van der Waals surface area contributed by atoms with Crippen LogP contribution in [0.4, 0.5) is 0 Å². The molecular formula is C30H46NO3+. The van der Waals surface area contributed by atoms with Crippen molar-refractivity contribution >= 4 is 5.97 Å². The summed E-state index contributed by atoms with van der Waals surface area (Å²) < 4.78 is 12.2. The molecule has 0 fully saturated rings. The van der Waals surface area contributed by atoms with Crippen LogP contribution in [0.25, 0.3) is 0 Å². The number of ether oxygens (including phenoxy) is 2. The maximum absolute atomic E-state index is 12.6. The highest BCUT2D eigenvalue weighted by Gasteiger charge is 2.24. The molecule has 1 unspecified atom stereocenters. The van der Waals surface area contributed by atoms with Gasteiger partial charge in [0.25, 0.3) is 0 Å². The Balaban J connectivity index is 1.71. The van der Waals surface area contributed by atoms with E-state index in [1.807, 2.05) is 51.4 Å². The Hall–Kier alpha value is -2.33. The highest BCUT2D eigenvalue weighted by atomic mass is 16.7. The summed E-state index contributed by atoms with van der Waals surface area (Å²) in [5, 5.41) is 0. The van der Waals surface area contributed by atoms with Crippen molar-refractivity contribution in [1.82, 2.24) is 0 Å². The summed E-state index contributed by atoms with van der Waals surface area (Å²) >= 11 is 0. The van der Waals surface area contributed by atoms with E-state index in [-0.39, 0.29) is 5.97 Å². The number of carbonyl (C=O) groups excluding carboxylic acids is 1. The molecule has 0 heterocycles. The largest absolute Gasteiger partial charge is 0.455 e. The number of rotatable bonds is 17. The van der Waals surface area contributed by atoms with E-state index < -0.39 is 6.29 Å². The van der Waals surface area contributed by atoms with Gasteiger partial charge in [0.05, 0.1) is 14.1 Å². The minimum absolute atomic E-state index is 0.237. The van der Waals surface area contributed by atoms with Gasteiger partial charge in [-0.25, -0.2) is 4.79 Å². The molecule has 1 atom stereocenters. The smallest absolute Gasteiger partial charge is 0.364 e. The SMILES string of the molecule is CCCCCCCCCCc1ccc(OC(CC)OC(=O)C[N+](C)(C)Cc2ccccc2)cc1. The summed E-state index contributed by atoms with van der Waals surface area (Å²) in [5.41, 5.74) is 2.54. The lowest BCUT2D eigenvalue weighted by molar-refractivity contribution is -0.896. The molecule has 0 aliphatic rings. The summed E-state index contributed by atoms with van der Waals surface area (Å²) in [6.07, 6.45) is 11.9. The first-order chi connectivity index (χ1) is 16.4. The van der Waals surface area contributed by atoms with E-state index in [1.165, 1.54) is 62.5 Å². The van der Waals surface area contributed by atoms with Gasteiger partial charge in [0, 0.05) is 12.0 Å². The fraction of sp³-hybridized carbons (Fsp3) is 0.567. The van der Waals surface area contributed by atoms with Crippen LogP contribution in [0.2, 0.25) is 0 Å². The maximum atomic E-state index is 12.6. The van der Waals surface area contributed by atoms with Gasteiger partial charge in [-0.05, 0) is 30.5 Å². The van der Waals surface area contributed by atoms with Gasteiger partial charge in [-0.15, -0.1) is 0 Å². The molecular weight excluding hydrogens is 422 g/mol. The van der Waals surface area contributed by atoms with Crippen LogP contribution in [-0.2, 0) is 22.5 Å². The van der Waals surface area contributed by atoms with Crippen molar-refractivity contribution in [3.63, 3.8) is 0 Å². The molecule has 34 heavy (non-hydrogen) atoms. The molecule has 0 saturated heterocycles. The zero-order valence-electron chi connectivity index (χ0n) is 21.9. The third-order valence-electron chi connectivity index (χ3n) is 6.12. The van der Waals surface area contributed by atoms with Crippen molar-refractivity contribution < 1.29 is 18.8 Å². The predicted molar refractivity (Wildman–Crippen MR) is 141 cm³/mol. The predicted octanol–water partition coefficient (Wildman–Crippen LogP) is 7.30. The number of unbranched alkanes of at least 4 members (excludes halogenated alkanes) is 7. The van der Waals surface area contributed by atoms with Crippen molar-refractivity contribution in [2.45, 2.75) is 90.9 Å². The van der Waals surface area contributed by atoms with E-state index in [2.05, 4.69) is 31.2 Å². The number of likely N-dealkylation sites (N-methyl/N-ethyl adjacent to an activating group) is 1. The second kappa shape index (κ2) is 15.5.